The molecule has 0 aromatic carbocycles. The lowest BCUT2D eigenvalue weighted by Gasteiger charge is -2.29. The van der Waals surface area contributed by atoms with Crippen LogP contribution >= 0.6 is 0 Å². The van der Waals surface area contributed by atoms with E-state index in [2.05, 4.69) is 26.6 Å². The molecule has 2 heterocycles. The van der Waals surface area contributed by atoms with Gasteiger partial charge in [-0.2, -0.15) is 10.4 Å². The highest BCUT2D eigenvalue weighted by molar-refractivity contribution is 5.85. The maximum atomic E-state index is 12.1. The first-order valence-corrected chi connectivity index (χ1v) is 6.38. The fraction of sp³-hybridized carbons (Fsp3) is 0.667. The molecule has 1 saturated heterocycles. The van der Waals surface area contributed by atoms with Crippen LogP contribution in [0.5, 0.6) is 0 Å². The van der Waals surface area contributed by atoms with Crippen LogP contribution in [0.1, 0.15) is 25.1 Å². The van der Waals surface area contributed by atoms with Crippen molar-refractivity contribution in [3.63, 3.8) is 0 Å². The molecule has 7 nitrogen and oxygen atoms in total. The Morgan fingerprint density at radius 3 is 3.00 bits per heavy atom. The van der Waals surface area contributed by atoms with Gasteiger partial charge < -0.3 is 10.1 Å². The van der Waals surface area contributed by atoms with Crippen molar-refractivity contribution < 1.29 is 9.53 Å². The van der Waals surface area contributed by atoms with Gasteiger partial charge >= 0.3 is 0 Å². The Morgan fingerprint density at radius 1 is 1.58 bits per heavy atom. The van der Waals surface area contributed by atoms with Gasteiger partial charge in [0.25, 0.3) is 0 Å². The lowest BCUT2D eigenvalue weighted by Crippen LogP contribution is -2.44. The molecule has 0 aliphatic carbocycles. The second-order valence-corrected chi connectivity index (χ2v) is 4.60. The van der Waals surface area contributed by atoms with Crippen molar-refractivity contribution in [3.05, 3.63) is 12.2 Å². The first kappa shape index (κ1) is 13.5. The van der Waals surface area contributed by atoms with Crippen LogP contribution in [-0.4, -0.2) is 40.8 Å². The summed E-state index contributed by atoms with van der Waals surface area (Å²) in [6, 6.07) is 2.15. The molecule has 1 amide bonds. The van der Waals surface area contributed by atoms with Crippen molar-refractivity contribution in [1.82, 2.24) is 20.5 Å². The molecule has 7 heteroatoms. The van der Waals surface area contributed by atoms with Gasteiger partial charge in [0.2, 0.25) is 5.91 Å². The van der Waals surface area contributed by atoms with Crippen LogP contribution in [0.15, 0.2) is 6.33 Å². The minimum atomic E-state index is -0.912. The molecule has 102 valence electrons. The average Bonchev–Trinajstić information content (AvgIpc) is 2.97. The summed E-state index contributed by atoms with van der Waals surface area (Å²) < 4.78 is 5.20. The fourth-order valence-electron chi connectivity index (χ4n) is 2.09. The molecule has 0 saturated carbocycles. The van der Waals surface area contributed by atoms with E-state index >= 15 is 0 Å². The lowest BCUT2D eigenvalue weighted by atomic mass is 9.81. The van der Waals surface area contributed by atoms with Gasteiger partial charge in [0.05, 0.1) is 6.07 Å². The Hall–Kier alpha value is -1.94. The van der Waals surface area contributed by atoms with E-state index in [-0.39, 0.29) is 5.91 Å². The van der Waals surface area contributed by atoms with E-state index < -0.39 is 5.41 Å². The monoisotopic (exact) mass is 263 g/mol. The number of aryl methyl sites for hydroxylation is 1. The third-order valence-corrected chi connectivity index (χ3v) is 3.34. The van der Waals surface area contributed by atoms with Crippen LogP contribution < -0.4 is 5.32 Å². The van der Waals surface area contributed by atoms with Gasteiger partial charge in [-0.25, -0.2) is 4.98 Å². The summed E-state index contributed by atoms with van der Waals surface area (Å²) in [5.41, 5.74) is -0.912. The number of amides is 1. The molecule has 1 aromatic rings. The van der Waals surface area contributed by atoms with Gasteiger partial charge in [-0.15, -0.1) is 0 Å². The Balaban J connectivity index is 1.75. The molecule has 1 fully saturated rings. The predicted octanol–water partition coefficient (Wildman–Crippen LogP) is 0.174. The van der Waals surface area contributed by atoms with E-state index in [4.69, 9.17) is 4.74 Å². The number of aromatic nitrogens is 3. The highest BCUT2D eigenvalue weighted by Gasteiger charge is 2.40. The third kappa shape index (κ3) is 3.29. The Labute approximate surface area is 111 Å². The summed E-state index contributed by atoms with van der Waals surface area (Å²) >= 11 is 0. The summed E-state index contributed by atoms with van der Waals surface area (Å²) in [6.07, 6.45) is 3.89. The molecule has 1 aliphatic rings. The van der Waals surface area contributed by atoms with Gasteiger partial charge in [0.15, 0.2) is 0 Å². The van der Waals surface area contributed by atoms with Gasteiger partial charge in [0.1, 0.15) is 17.6 Å². The number of H-pyrrole nitrogens is 1. The lowest BCUT2D eigenvalue weighted by molar-refractivity contribution is -0.132. The zero-order valence-corrected chi connectivity index (χ0v) is 10.7. The molecule has 0 spiro atoms. The van der Waals surface area contributed by atoms with Crippen LogP contribution in [0.2, 0.25) is 0 Å². The minimum Gasteiger partial charge on any atom is -0.381 e. The molecule has 0 bridgehead atoms. The Kier molecular flexibility index (Phi) is 4.47. The molecular formula is C12H17N5O2. The zero-order chi connectivity index (χ0) is 13.6. The number of carbonyl (C=O) groups is 1. The summed E-state index contributed by atoms with van der Waals surface area (Å²) in [6.45, 7) is 1.47. The van der Waals surface area contributed by atoms with E-state index in [9.17, 15) is 10.1 Å². The normalized spacial score (nSPS) is 17.6. The van der Waals surface area contributed by atoms with E-state index in [1.807, 2.05) is 0 Å². The van der Waals surface area contributed by atoms with Gasteiger partial charge in [0, 0.05) is 26.2 Å². The summed E-state index contributed by atoms with van der Waals surface area (Å²) in [5, 5.41) is 18.6. The second-order valence-electron chi connectivity index (χ2n) is 4.60. The van der Waals surface area contributed by atoms with E-state index in [1.165, 1.54) is 6.33 Å². The highest BCUT2D eigenvalue weighted by atomic mass is 16.5. The maximum absolute atomic E-state index is 12.1. The molecule has 2 rings (SSSR count). The van der Waals surface area contributed by atoms with Crippen molar-refractivity contribution in [2.75, 3.05) is 19.8 Å². The average molecular weight is 263 g/mol. The van der Waals surface area contributed by atoms with Crippen LogP contribution in [0.3, 0.4) is 0 Å². The van der Waals surface area contributed by atoms with Crippen molar-refractivity contribution in [3.8, 4) is 6.07 Å². The van der Waals surface area contributed by atoms with E-state index in [0.717, 1.165) is 18.7 Å². The topological polar surface area (TPSA) is 104 Å². The quantitative estimate of drug-likeness (QED) is 0.737. The van der Waals surface area contributed by atoms with Gasteiger partial charge in [-0.05, 0) is 19.3 Å². The Morgan fingerprint density at radius 2 is 2.37 bits per heavy atom. The number of aromatic amines is 1. The smallest absolute Gasteiger partial charge is 0.240 e. The van der Waals surface area contributed by atoms with Crippen LogP contribution in [0.4, 0.5) is 0 Å². The number of nitriles is 1. The van der Waals surface area contributed by atoms with Crippen LogP contribution in [-0.2, 0) is 16.0 Å². The van der Waals surface area contributed by atoms with E-state index in [0.29, 0.717) is 32.6 Å². The minimum absolute atomic E-state index is 0.184. The maximum Gasteiger partial charge on any atom is 0.240 e. The van der Waals surface area contributed by atoms with Crippen molar-refractivity contribution in [2.24, 2.45) is 5.41 Å². The molecule has 1 aromatic heterocycles. The molecule has 2 N–H and O–H groups in total. The molecule has 0 radical (unpaired) electrons. The number of hydrogen-bond acceptors (Lipinski definition) is 5. The van der Waals surface area contributed by atoms with Crippen LogP contribution in [0, 0.1) is 16.7 Å². The van der Waals surface area contributed by atoms with Crippen LogP contribution in [0.25, 0.3) is 0 Å². The molecule has 0 atom stereocenters. The van der Waals surface area contributed by atoms with Gasteiger partial charge in [-0.1, -0.05) is 0 Å². The fourth-order valence-corrected chi connectivity index (χ4v) is 2.09. The van der Waals surface area contributed by atoms with Crippen molar-refractivity contribution in [2.45, 2.75) is 25.7 Å². The predicted molar refractivity (Wildman–Crippen MR) is 65.8 cm³/mol. The van der Waals surface area contributed by atoms with Gasteiger partial charge in [-0.3, -0.25) is 9.89 Å². The largest absolute Gasteiger partial charge is 0.381 e. The second kappa shape index (κ2) is 6.29. The number of ether oxygens (including phenoxy) is 1. The van der Waals surface area contributed by atoms with E-state index in [1.54, 1.807) is 0 Å². The number of hydrogen-bond donors (Lipinski definition) is 2. The first-order valence-electron chi connectivity index (χ1n) is 6.38. The first-order chi connectivity index (χ1) is 9.27. The number of carbonyl (C=O) groups excluding carboxylic acids is 1. The summed E-state index contributed by atoms with van der Waals surface area (Å²) in [5.74, 6) is 0.617. The molecule has 0 unspecified atom stereocenters. The zero-order valence-electron chi connectivity index (χ0n) is 10.7. The standard InChI is InChI=1S/C12H17N5O2/c13-8-12(3-6-19-7-4-12)11(18)14-5-1-2-10-15-9-16-17-10/h9H,1-7H2,(H,14,18)(H,15,16,17). The summed E-state index contributed by atoms with van der Waals surface area (Å²) in [7, 11) is 0. The van der Waals surface area contributed by atoms with Crippen molar-refractivity contribution >= 4 is 5.91 Å². The number of nitrogens with zero attached hydrogens (tertiary/aromatic N) is 3. The SMILES string of the molecule is N#CC1(C(=O)NCCCc2ncn[nH]2)CCOCC1. The van der Waals surface area contributed by atoms with Crippen molar-refractivity contribution in [1.29, 1.82) is 5.26 Å². The molecule has 19 heavy (non-hydrogen) atoms. The summed E-state index contributed by atoms with van der Waals surface area (Å²) in [4.78, 5) is 16.1. The number of nitrogens with one attached hydrogen (secondary N) is 2. The molecule has 1 aliphatic heterocycles. The Bertz CT molecular complexity index is 445. The highest BCUT2D eigenvalue weighted by Crippen LogP contribution is 2.29. The molecular weight excluding hydrogens is 246 g/mol. The third-order valence-electron chi connectivity index (χ3n) is 3.34. The number of rotatable bonds is 5.